The molecule has 1 aromatic carbocycles. The van der Waals surface area contributed by atoms with Gasteiger partial charge < -0.3 is 20.1 Å². The fourth-order valence-corrected chi connectivity index (χ4v) is 1.38. The minimum Gasteiger partial charge on any atom is -0.504 e. The number of benzene rings is 1. The Morgan fingerprint density at radius 3 is 2.74 bits per heavy atom. The van der Waals surface area contributed by atoms with Gasteiger partial charge in [-0.1, -0.05) is 13.0 Å². The van der Waals surface area contributed by atoms with Gasteiger partial charge in [-0.05, 0) is 36.1 Å². The topological polar surface area (TPSA) is 87.0 Å². The summed E-state index contributed by atoms with van der Waals surface area (Å²) in [7, 11) is 0. The van der Waals surface area contributed by atoms with Crippen molar-refractivity contribution in [1.82, 2.24) is 0 Å². The number of carbonyl (C=O) groups excluding carboxylic acids is 1. The van der Waals surface area contributed by atoms with Gasteiger partial charge in [0, 0.05) is 12.7 Å². The van der Waals surface area contributed by atoms with E-state index < -0.39 is 5.97 Å². The van der Waals surface area contributed by atoms with Crippen molar-refractivity contribution in [3.05, 3.63) is 29.8 Å². The number of hydrogen-bond donors (Lipinski definition) is 3. The number of aliphatic hydroxyl groups excluding tert-OH is 1. The molecule has 0 spiro atoms. The molecule has 0 fully saturated rings. The molecule has 0 amide bonds. The molecule has 0 aromatic heterocycles. The van der Waals surface area contributed by atoms with E-state index in [-0.39, 0.29) is 30.6 Å². The van der Waals surface area contributed by atoms with Crippen molar-refractivity contribution in [3.63, 3.8) is 0 Å². The molecular formula is C14H18O5. The second-order valence-corrected chi connectivity index (χ2v) is 4.33. The second kappa shape index (κ2) is 7.43. The van der Waals surface area contributed by atoms with Crippen LogP contribution in [-0.2, 0) is 9.53 Å². The smallest absolute Gasteiger partial charge is 0.330 e. The minimum absolute atomic E-state index is 0.0708. The van der Waals surface area contributed by atoms with E-state index in [1.807, 2.05) is 6.92 Å². The third-order valence-electron chi connectivity index (χ3n) is 2.54. The van der Waals surface area contributed by atoms with E-state index in [1.54, 1.807) is 6.07 Å². The largest absolute Gasteiger partial charge is 0.504 e. The monoisotopic (exact) mass is 266 g/mol. The summed E-state index contributed by atoms with van der Waals surface area (Å²) in [6.07, 6.45) is 3.32. The van der Waals surface area contributed by atoms with Gasteiger partial charge in [-0.2, -0.15) is 0 Å². The van der Waals surface area contributed by atoms with Crippen LogP contribution in [0, 0.1) is 5.92 Å². The van der Waals surface area contributed by atoms with Gasteiger partial charge in [0.05, 0.1) is 6.61 Å². The first kappa shape index (κ1) is 15.0. The lowest BCUT2D eigenvalue weighted by atomic mass is 10.1. The lowest BCUT2D eigenvalue weighted by Crippen LogP contribution is -2.11. The minimum atomic E-state index is -0.489. The van der Waals surface area contributed by atoms with Crippen molar-refractivity contribution in [3.8, 4) is 11.5 Å². The molecule has 0 radical (unpaired) electrons. The Morgan fingerprint density at radius 2 is 2.11 bits per heavy atom. The number of rotatable bonds is 6. The summed E-state index contributed by atoms with van der Waals surface area (Å²) in [5, 5.41) is 27.1. The molecule has 104 valence electrons. The fourth-order valence-electron chi connectivity index (χ4n) is 1.38. The molecule has 0 saturated carbocycles. The van der Waals surface area contributed by atoms with Gasteiger partial charge in [-0.25, -0.2) is 4.79 Å². The zero-order chi connectivity index (χ0) is 14.3. The summed E-state index contributed by atoms with van der Waals surface area (Å²) in [5.74, 6) is -0.831. The van der Waals surface area contributed by atoms with Crippen LogP contribution in [0.25, 0.3) is 6.08 Å². The van der Waals surface area contributed by atoms with E-state index in [4.69, 9.17) is 14.9 Å². The number of aliphatic hydroxyl groups is 1. The van der Waals surface area contributed by atoms with Gasteiger partial charge >= 0.3 is 5.97 Å². The average Bonchev–Trinajstić information content (AvgIpc) is 2.38. The summed E-state index contributed by atoms with van der Waals surface area (Å²) in [4.78, 5) is 11.4. The number of carbonyl (C=O) groups is 1. The fraction of sp³-hybridized carbons (Fsp3) is 0.357. The number of ether oxygens (including phenoxy) is 1. The van der Waals surface area contributed by atoms with Gasteiger partial charge in [0.15, 0.2) is 11.5 Å². The Balaban J connectivity index is 2.47. The third kappa shape index (κ3) is 5.44. The standard InChI is InChI=1S/C14H18O5/c1-10(6-7-15)9-19-14(18)5-3-11-2-4-12(16)13(17)8-11/h2-5,8,10,15-17H,6-7,9H2,1H3/t10-/m0/s1. The number of esters is 1. The molecule has 1 aromatic rings. The summed E-state index contributed by atoms with van der Waals surface area (Å²) in [6.45, 7) is 2.21. The highest BCUT2D eigenvalue weighted by Crippen LogP contribution is 2.25. The molecule has 0 saturated heterocycles. The number of hydrogen-bond acceptors (Lipinski definition) is 5. The molecule has 1 atom stereocenters. The third-order valence-corrected chi connectivity index (χ3v) is 2.54. The highest BCUT2D eigenvalue weighted by Gasteiger charge is 2.04. The van der Waals surface area contributed by atoms with Crippen molar-refractivity contribution < 1.29 is 24.9 Å². The molecular weight excluding hydrogens is 248 g/mol. The van der Waals surface area contributed by atoms with Crippen molar-refractivity contribution in [2.45, 2.75) is 13.3 Å². The van der Waals surface area contributed by atoms with Crippen molar-refractivity contribution in [2.24, 2.45) is 5.92 Å². The molecule has 3 N–H and O–H groups in total. The SMILES string of the molecule is C[C@@H](CCO)COC(=O)C=Cc1ccc(O)c(O)c1. The predicted octanol–water partition coefficient (Wildman–Crippen LogP) is 1.67. The lowest BCUT2D eigenvalue weighted by Gasteiger charge is -2.08. The lowest BCUT2D eigenvalue weighted by molar-refractivity contribution is -0.139. The maximum Gasteiger partial charge on any atom is 0.330 e. The van der Waals surface area contributed by atoms with Crippen LogP contribution in [0.4, 0.5) is 0 Å². The van der Waals surface area contributed by atoms with E-state index in [2.05, 4.69) is 0 Å². The maximum absolute atomic E-state index is 11.4. The normalized spacial score (nSPS) is 12.5. The summed E-state index contributed by atoms with van der Waals surface area (Å²) in [6, 6.07) is 4.24. The highest BCUT2D eigenvalue weighted by molar-refractivity contribution is 5.87. The van der Waals surface area contributed by atoms with Crippen LogP contribution in [0.1, 0.15) is 18.9 Å². The van der Waals surface area contributed by atoms with Crippen LogP contribution >= 0.6 is 0 Å². The Kier molecular flexibility index (Phi) is 5.89. The van der Waals surface area contributed by atoms with E-state index in [1.165, 1.54) is 24.3 Å². The van der Waals surface area contributed by atoms with E-state index in [0.29, 0.717) is 12.0 Å². The molecule has 0 aliphatic rings. The molecule has 0 bridgehead atoms. The van der Waals surface area contributed by atoms with Gasteiger partial charge in [-0.3, -0.25) is 0 Å². The zero-order valence-corrected chi connectivity index (χ0v) is 10.7. The van der Waals surface area contributed by atoms with Crippen molar-refractivity contribution >= 4 is 12.0 Å². The first-order valence-corrected chi connectivity index (χ1v) is 6.00. The van der Waals surface area contributed by atoms with Gasteiger partial charge in [-0.15, -0.1) is 0 Å². The highest BCUT2D eigenvalue weighted by atomic mass is 16.5. The molecule has 1 rings (SSSR count). The molecule has 5 heteroatoms. The Morgan fingerprint density at radius 1 is 1.37 bits per heavy atom. The molecule has 0 aliphatic heterocycles. The van der Waals surface area contributed by atoms with Crippen LogP contribution in [0.3, 0.4) is 0 Å². The quantitative estimate of drug-likeness (QED) is 0.414. The Bertz CT molecular complexity index is 453. The van der Waals surface area contributed by atoms with Gasteiger partial charge in [0.1, 0.15) is 0 Å². The summed E-state index contributed by atoms with van der Waals surface area (Å²) in [5.41, 5.74) is 0.579. The molecule has 0 heterocycles. The van der Waals surface area contributed by atoms with Crippen LogP contribution in [-0.4, -0.2) is 34.5 Å². The van der Waals surface area contributed by atoms with Crippen LogP contribution in [0.5, 0.6) is 11.5 Å². The van der Waals surface area contributed by atoms with Crippen molar-refractivity contribution in [2.75, 3.05) is 13.2 Å². The molecule has 5 nitrogen and oxygen atoms in total. The summed E-state index contributed by atoms with van der Waals surface area (Å²) >= 11 is 0. The zero-order valence-electron chi connectivity index (χ0n) is 10.7. The Hall–Kier alpha value is -2.01. The van der Waals surface area contributed by atoms with Gasteiger partial charge in [0.25, 0.3) is 0 Å². The van der Waals surface area contributed by atoms with Crippen LogP contribution in [0.15, 0.2) is 24.3 Å². The second-order valence-electron chi connectivity index (χ2n) is 4.33. The number of phenolic OH excluding ortho intramolecular Hbond substituents is 2. The Labute approximate surface area is 111 Å². The first-order chi connectivity index (χ1) is 9.02. The van der Waals surface area contributed by atoms with E-state index >= 15 is 0 Å². The number of phenols is 2. The first-order valence-electron chi connectivity index (χ1n) is 6.00. The van der Waals surface area contributed by atoms with Crippen LogP contribution in [0.2, 0.25) is 0 Å². The maximum atomic E-state index is 11.4. The summed E-state index contributed by atoms with van der Waals surface area (Å²) < 4.78 is 4.98. The molecule has 0 unspecified atom stereocenters. The molecule has 0 aliphatic carbocycles. The van der Waals surface area contributed by atoms with E-state index in [0.717, 1.165) is 0 Å². The van der Waals surface area contributed by atoms with Crippen LogP contribution < -0.4 is 0 Å². The average molecular weight is 266 g/mol. The predicted molar refractivity (Wildman–Crippen MR) is 70.6 cm³/mol. The molecule has 19 heavy (non-hydrogen) atoms. The number of aromatic hydroxyl groups is 2. The van der Waals surface area contributed by atoms with E-state index in [9.17, 15) is 9.90 Å². The van der Waals surface area contributed by atoms with Crippen molar-refractivity contribution in [1.29, 1.82) is 0 Å². The van der Waals surface area contributed by atoms with Gasteiger partial charge in [0.2, 0.25) is 0 Å².